The molecule has 2 amide bonds. The minimum Gasteiger partial charge on any atom is -0.486 e. The summed E-state index contributed by atoms with van der Waals surface area (Å²) in [6.45, 7) is 5.85. The second-order valence-corrected chi connectivity index (χ2v) is 6.83. The third-order valence-corrected chi connectivity index (χ3v) is 3.24. The van der Waals surface area contributed by atoms with Crippen LogP contribution in [0.3, 0.4) is 0 Å². The minimum atomic E-state index is -0.352. The third-order valence-electron chi connectivity index (χ3n) is 3.24. The number of para-hydroxylation sites is 1. The van der Waals surface area contributed by atoms with Crippen molar-refractivity contribution >= 4 is 11.8 Å². The van der Waals surface area contributed by atoms with E-state index in [-0.39, 0.29) is 36.3 Å². The summed E-state index contributed by atoms with van der Waals surface area (Å²) >= 11 is 0. The Kier molecular flexibility index (Phi) is 5.85. The maximum Gasteiger partial charge on any atom is 0.289 e. The Morgan fingerprint density at radius 1 is 1.12 bits per heavy atom. The van der Waals surface area contributed by atoms with Gasteiger partial charge in [-0.1, -0.05) is 18.2 Å². The highest BCUT2D eigenvalue weighted by molar-refractivity contribution is 5.94. The molecule has 0 aliphatic rings. The molecule has 134 valence electrons. The Morgan fingerprint density at radius 2 is 1.80 bits per heavy atom. The lowest BCUT2D eigenvalue weighted by Gasteiger charge is -2.23. The van der Waals surface area contributed by atoms with Crippen molar-refractivity contribution in [3.63, 3.8) is 0 Å². The van der Waals surface area contributed by atoms with E-state index in [1.165, 1.54) is 4.90 Å². The fourth-order valence-corrected chi connectivity index (χ4v) is 2.17. The van der Waals surface area contributed by atoms with E-state index in [9.17, 15) is 9.59 Å². The van der Waals surface area contributed by atoms with Gasteiger partial charge in [-0.15, -0.1) is 0 Å². The van der Waals surface area contributed by atoms with Crippen molar-refractivity contribution in [3.05, 3.63) is 54.0 Å². The number of likely N-dealkylation sites (N-methyl/N-ethyl adjacent to an activating group) is 1. The molecule has 0 atom stereocenters. The highest BCUT2D eigenvalue weighted by Gasteiger charge is 2.21. The second-order valence-electron chi connectivity index (χ2n) is 6.83. The molecule has 0 fully saturated rings. The Balaban J connectivity index is 1.89. The van der Waals surface area contributed by atoms with E-state index >= 15 is 0 Å². The summed E-state index contributed by atoms with van der Waals surface area (Å²) in [6, 6.07) is 12.6. The number of hydrogen-bond donors (Lipinski definition) is 1. The fraction of sp³-hybridized carbons (Fsp3) is 0.368. The monoisotopic (exact) mass is 344 g/mol. The molecule has 1 heterocycles. The number of carbonyl (C=O) groups is 2. The highest BCUT2D eigenvalue weighted by Crippen LogP contribution is 2.15. The molecule has 6 nitrogen and oxygen atoms in total. The number of ether oxygens (including phenoxy) is 1. The second kappa shape index (κ2) is 7.88. The number of hydrogen-bond acceptors (Lipinski definition) is 4. The summed E-state index contributed by atoms with van der Waals surface area (Å²) in [7, 11) is 1.56. The van der Waals surface area contributed by atoms with Crippen molar-refractivity contribution in [1.29, 1.82) is 0 Å². The summed E-state index contributed by atoms with van der Waals surface area (Å²) < 4.78 is 11.1. The maximum absolute atomic E-state index is 12.3. The number of nitrogens with zero attached hydrogens (tertiary/aromatic N) is 1. The molecule has 2 rings (SSSR count). The average Bonchev–Trinajstić information content (AvgIpc) is 3.00. The van der Waals surface area contributed by atoms with Crippen LogP contribution < -0.4 is 10.1 Å². The van der Waals surface area contributed by atoms with Crippen LogP contribution in [0.1, 0.15) is 37.1 Å². The molecule has 0 saturated heterocycles. The van der Waals surface area contributed by atoms with Gasteiger partial charge in [0.2, 0.25) is 5.91 Å². The van der Waals surface area contributed by atoms with Gasteiger partial charge in [-0.25, -0.2) is 0 Å². The van der Waals surface area contributed by atoms with Crippen molar-refractivity contribution in [3.8, 4) is 5.75 Å². The molecule has 2 aromatic rings. The predicted octanol–water partition coefficient (Wildman–Crippen LogP) is 2.85. The normalized spacial score (nSPS) is 11.0. The predicted molar refractivity (Wildman–Crippen MR) is 94.3 cm³/mol. The van der Waals surface area contributed by atoms with Crippen LogP contribution in [0.4, 0.5) is 0 Å². The molecule has 0 aliphatic heterocycles. The van der Waals surface area contributed by atoms with Gasteiger partial charge in [0.05, 0.1) is 6.54 Å². The van der Waals surface area contributed by atoms with Crippen molar-refractivity contribution in [2.24, 2.45) is 0 Å². The van der Waals surface area contributed by atoms with Crippen LogP contribution in [-0.4, -0.2) is 35.8 Å². The van der Waals surface area contributed by atoms with Crippen molar-refractivity contribution in [2.75, 3.05) is 13.6 Å². The Labute approximate surface area is 147 Å². The molecule has 1 aromatic carbocycles. The van der Waals surface area contributed by atoms with Crippen LogP contribution in [0.5, 0.6) is 5.75 Å². The third kappa shape index (κ3) is 5.99. The molecule has 25 heavy (non-hydrogen) atoms. The van der Waals surface area contributed by atoms with Crippen LogP contribution in [0.2, 0.25) is 0 Å². The molecule has 0 radical (unpaired) electrons. The van der Waals surface area contributed by atoms with Gasteiger partial charge in [0.15, 0.2) is 5.76 Å². The van der Waals surface area contributed by atoms with Crippen LogP contribution in [0, 0.1) is 0 Å². The van der Waals surface area contributed by atoms with Gasteiger partial charge < -0.3 is 19.4 Å². The molecule has 0 bridgehead atoms. The standard InChI is InChI=1S/C19H24N2O4/c1-19(2,3)20-17(22)12-21(4)18(23)16-11-10-15(25-16)13-24-14-8-6-5-7-9-14/h5-11H,12-13H2,1-4H3,(H,20,22). The van der Waals surface area contributed by atoms with E-state index in [1.807, 2.05) is 51.1 Å². The molecule has 0 spiro atoms. The summed E-state index contributed by atoms with van der Waals surface area (Å²) in [6.07, 6.45) is 0. The van der Waals surface area contributed by atoms with E-state index in [2.05, 4.69) is 5.32 Å². The quantitative estimate of drug-likeness (QED) is 0.875. The summed E-state index contributed by atoms with van der Waals surface area (Å²) in [5.41, 5.74) is -0.340. The average molecular weight is 344 g/mol. The van der Waals surface area contributed by atoms with Gasteiger partial charge in [0.1, 0.15) is 18.1 Å². The summed E-state index contributed by atoms with van der Waals surface area (Å²) in [5.74, 6) is 0.873. The van der Waals surface area contributed by atoms with Crippen LogP contribution in [-0.2, 0) is 11.4 Å². The zero-order valence-corrected chi connectivity index (χ0v) is 15.0. The van der Waals surface area contributed by atoms with E-state index in [4.69, 9.17) is 9.15 Å². The SMILES string of the molecule is CN(CC(=O)NC(C)(C)C)C(=O)c1ccc(COc2ccccc2)o1. The van der Waals surface area contributed by atoms with Gasteiger partial charge in [-0.05, 0) is 45.0 Å². The van der Waals surface area contributed by atoms with E-state index in [1.54, 1.807) is 19.2 Å². The molecule has 0 aliphatic carbocycles. The van der Waals surface area contributed by atoms with E-state index in [0.29, 0.717) is 5.76 Å². The van der Waals surface area contributed by atoms with Gasteiger partial charge in [-0.3, -0.25) is 9.59 Å². The van der Waals surface area contributed by atoms with E-state index in [0.717, 1.165) is 5.75 Å². The molecule has 1 aromatic heterocycles. The van der Waals surface area contributed by atoms with Crippen molar-refractivity contribution in [1.82, 2.24) is 10.2 Å². The lowest BCUT2D eigenvalue weighted by molar-refractivity contribution is -0.122. The van der Waals surface area contributed by atoms with Gasteiger partial charge >= 0.3 is 0 Å². The summed E-state index contributed by atoms with van der Waals surface area (Å²) in [5, 5.41) is 2.82. The largest absolute Gasteiger partial charge is 0.486 e. The lowest BCUT2D eigenvalue weighted by Crippen LogP contribution is -2.46. The lowest BCUT2D eigenvalue weighted by atomic mass is 10.1. The van der Waals surface area contributed by atoms with Crippen LogP contribution >= 0.6 is 0 Å². The van der Waals surface area contributed by atoms with Gasteiger partial charge in [0.25, 0.3) is 5.91 Å². The molecular weight excluding hydrogens is 320 g/mol. The Morgan fingerprint density at radius 3 is 2.44 bits per heavy atom. The first-order chi connectivity index (χ1) is 11.7. The van der Waals surface area contributed by atoms with Crippen molar-refractivity contribution in [2.45, 2.75) is 32.9 Å². The molecule has 6 heteroatoms. The molecular formula is C19H24N2O4. The number of furan rings is 1. The zero-order chi connectivity index (χ0) is 18.4. The van der Waals surface area contributed by atoms with Crippen LogP contribution in [0.25, 0.3) is 0 Å². The first-order valence-electron chi connectivity index (χ1n) is 8.07. The summed E-state index contributed by atoms with van der Waals surface area (Å²) in [4.78, 5) is 25.6. The number of amides is 2. The number of nitrogens with one attached hydrogen (secondary N) is 1. The zero-order valence-electron chi connectivity index (χ0n) is 15.0. The number of rotatable bonds is 6. The fourth-order valence-electron chi connectivity index (χ4n) is 2.17. The first-order valence-corrected chi connectivity index (χ1v) is 8.07. The molecule has 0 saturated carbocycles. The number of benzene rings is 1. The highest BCUT2D eigenvalue weighted by atomic mass is 16.5. The van der Waals surface area contributed by atoms with Gasteiger partial charge in [-0.2, -0.15) is 0 Å². The maximum atomic E-state index is 12.3. The van der Waals surface area contributed by atoms with Gasteiger partial charge in [0, 0.05) is 12.6 Å². The topological polar surface area (TPSA) is 71.8 Å². The number of carbonyl (C=O) groups excluding carboxylic acids is 2. The molecule has 0 unspecified atom stereocenters. The van der Waals surface area contributed by atoms with Crippen LogP contribution in [0.15, 0.2) is 46.9 Å². The van der Waals surface area contributed by atoms with Crippen molar-refractivity contribution < 1.29 is 18.7 Å². The smallest absolute Gasteiger partial charge is 0.289 e. The first kappa shape index (κ1) is 18.6. The Bertz CT molecular complexity index is 717. The Hall–Kier alpha value is -2.76. The van der Waals surface area contributed by atoms with E-state index < -0.39 is 0 Å². The minimum absolute atomic E-state index is 0.0351. The molecule has 1 N–H and O–H groups in total.